The van der Waals surface area contributed by atoms with Crippen LogP contribution in [0.5, 0.6) is 0 Å². The van der Waals surface area contributed by atoms with Crippen molar-refractivity contribution in [2.24, 2.45) is 17.3 Å². The smallest absolute Gasteiger partial charge is 0.307 e. The van der Waals surface area contributed by atoms with Crippen molar-refractivity contribution in [1.82, 2.24) is 10.2 Å². The van der Waals surface area contributed by atoms with Crippen molar-refractivity contribution in [2.75, 3.05) is 20.1 Å². The molecule has 1 saturated carbocycles. The molecular formula is C14H22N2O4. The van der Waals surface area contributed by atoms with Gasteiger partial charge in [-0.2, -0.15) is 0 Å². The van der Waals surface area contributed by atoms with Gasteiger partial charge in [0.2, 0.25) is 11.8 Å². The van der Waals surface area contributed by atoms with Crippen LogP contribution in [-0.2, 0) is 14.4 Å². The summed E-state index contributed by atoms with van der Waals surface area (Å²) < 4.78 is 0. The predicted octanol–water partition coefficient (Wildman–Crippen LogP) is 0.472. The number of aliphatic carboxylic acids is 1. The molecule has 0 bridgehead atoms. The van der Waals surface area contributed by atoms with Crippen LogP contribution in [0.4, 0.5) is 0 Å². The number of nitrogens with one attached hydrogen (secondary N) is 1. The molecule has 1 aliphatic carbocycles. The van der Waals surface area contributed by atoms with Gasteiger partial charge < -0.3 is 15.3 Å². The molecule has 1 saturated heterocycles. The van der Waals surface area contributed by atoms with Gasteiger partial charge in [-0.05, 0) is 26.2 Å². The Morgan fingerprint density at radius 2 is 1.90 bits per heavy atom. The van der Waals surface area contributed by atoms with Gasteiger partial charge in [0.15, 0.2) is 0 Å². The zero-order valence-electron chi connectivity index (χ0n) is 12.0. The van der Waals surface area contributed by atoms with Gasteiger partial charge in [0.1, 0.15) is 0 Å². The van der Waals surface area contributed by atoms with Crippen molar-refractivity contribution >= 4 is 17.8 Å². The third-order valence-electron chi connectivity index (χ3n) is 4.71. The summed E-state index contributed by atoms with van der Waals surface area (Å²) >= 11 is 0. The van der Waals surface area contributed by atoms with E-state index in [1.807, 2.05) is 6.92 Å². The highest BCUT2D eigenvalue weighted by Gasteiger charge is 2.46. The van der Waals surface area contributed by atoms with Gasteiger partial charge in [0.05, 0.1) is 17.3 Å². The van der Waals surface area contributed by atoms with Crippen molar-refractivity contribution < 1.29 is 19.5 Å². The number of carboxylic acid groups (broad SMARTS) is 1. The first-order valence-corrected chi connectivity index (χ1v) is 7.13. The molecule has 0 radical (unpaired) electrons. The molecule has 2 fully saturated rings. The molecule has 0 aromatic rings. The van der Waals surface area contributed by atoms with Gasteiger partial charge in [-0.25, -0.2) is 0 Å². The van der Waals surface area contributed by atoms with Crippen LogP contribution in [0.1, 0.15) is 32.6 Å². The van der Waals surface area contributed by atoms with Crippen molar-refractivity contribution in [3.05, 3.63) is 0 Å². The lowest BCUT2D eigenvalue weighted by molar-refractivity contribution is -0.149. The molecule has 0 aromatic carbocycles. The van der Waals surface area contributed by atoms with Gasteiger partial charge in [0.25, 0.3) is 0 Å². The first-order valence-electron chi connectivity index (χ1n) is 7.13. The standard InChI is InChI=1S/C14H22N2O4/c1-14(13(20)15-2)6-7-16(8-14)11(17)9-4-3-5-10(9)12(18)19/h9-10H,3-8H2,1-2H3,(H,15,20)(H,18,19). The summed E-state index contributed by atoms with van der Waals surface area (Å²) in [5, 5.41) is 11.8. The summed E-state index contributed by atoms with van der Waals surface area (Å²) in [5.41, 5.74) is -0.554. The second kappa shape index (κ2) is 5.42. The first-order chi connectivity index (χ1) is 9.39. The van der Waals surface area contributed by atoms with E-state index >= 15 is 0 Å². The molecule has 1 heterocycles. The van der Waals surface area contributed by atoms with E-state index in [0.717, 1.165) is 6.42 Å². The van der Waals surface area contributed by atoms with Crippen LogP contribution in [0.2, 0.25) is 0 Å². The molecule has 6 nitrogen and oxygen atoms in total. The average molecular weight is 282 g/mol. The highest BCUT2D eigenvalue weighted by molar-refractivity contribution is 5.88. The Labute approximate surface area is 118 Å². The van der Waals surface area contributed by atoms with E-state index in [4.69, 9.17) is 5.11 Å². The molecule has 20 heavy (non-hydrogen) atoms. The normalized spacial score (nSPS) is 33.2. The topological polar surface area (TPSA) is 86.7 Å². The van der Waals surface area contributed by atoms with E-state index in [0.29, 0.717) is 32.4 Å². The number of hydrogen-bond acceptors (Lipinski definition) is 3. The van der Waals surface area contributed by atoms with Crippen LogP contribution < -0.4 is 5.32 Å². The molecule has 1 aliphatic heterocycles. The number of carbonyl (C=O) groups excluding carboxylic acids is 2. The van der Waals surface area contributed by atoms with E-state index in [1.165, 1.54) is 0 Å². The van der Waals surface area contributed by atoms with E-state index < -0.39 is 23.2 Å². The monoisotopic (exact) mass is 282 g/mol. The number of amides is 2. The number of likely N-dealkylation sites (tertiary alicyclic amines) is 1. The minimum absolute atomic E-state index is 0.0611. The molecule has 3 atom stereocenters. The summed E-state index contributed by atoms with van der Waals surface area (Å²) in [6.07, 6.45) is 2.63. The Hall–Kier alpha value is -1.59. The van der Waals surface area contributed by atoms with E-state index in [1.54, 1.807) is 11.9 Å². The van der Waals surface area contributed by atoms with E-state index in [2.05, 4.69) is 5.32 Å². The number of carbonyl (C=O) groups is 3. The third-order valence-corrected chi connectivity index (χ3v) is 4.71. The van der Waals surface area contributed by atoms with Crippen molar-refractivity contribution in [3.63, 3.8) is 0 Å². The molecule has 112 valence electrons. The summed E-state index contributed by atoms with van der Waals surface area (Å²) in [5.74, 6) is -2.01. The van der Waals surface area contributed by atoms with Crippen LogP contribution in [0.15, 0.2) is 0 Å². The largest absolute Gasteiger partial charge is 0.481 e. The molecule has 2 rings (SSSR count). The Morgan fingerprint density at radius 1 is 1.25 bits per heavy atom. The zero-order valence-corrected chi connectivity index (χ0v) is 12.0. The molecule has 6 heteroatoms. The minimum Gasteiger partial charge on any atom is -0.481 e. The van der Waals surface area contributed by atoms with Crippen molar-refractivity contribution in [2.45, 2.75) is 32.6 Å². The number of carboxylic acids is 1. The fourth-order valence-electron chi connectivity index (χ4n) is 3.42. The molecule has 0 spiro atoms. The second-order valence-electron chi connectivity index (χ2n) is 6.13. The lowest BCUT2D eigenvalue weighted by Crippen LogP contribution is -2.42. The molecule has 3 unspecified atom stereocenters. The second-order valence-corrected chi connectivity index (χ2v) is 6.13. The fourth-order valence-corrected chi connectivity index (χ4v) is 3.42. The minimum atomic E-state index is -0.880. The molecule has 2 N–H and O–H groups in total. The zero-order chi connectivity index (χ0) is 14.9. The highest BCUT2D eigenvalue weighted by atomic mass is 16.4. The predicted molar refractivity (Wildman–Crippen MR) is 71.8 cm³/mol. The van der Waals surface area contributed by atoms with E-state index in [9.17, 15) is 14.4 Å². The van der Waals surface area contributed by atoms with Crippen LogP contribution in [0.3, 0.4) is 0 Å². The summed E-state index contributed by atoms with van der Waals surface area (Å²) in [6, 6.07) is 0. The molecule has 0 aromatic heterocycles. The van der Waals surface area contributed by atoms with Gasteiger partial charge in [0, 0.05) is 20.1 Å². The van der Waals surface area contributed by atoms with Gasteiger partial charge in [-0.1, -0.05) is 6.42 Å². The Balaban J connectivity index is 2.05. The Kier molecular flexibility index (Phi) is 4.01. The van der Waals surface area contributed by atoms with Crippen LogP contribution in [0.25, 0.3) is 0 Å². The lowest BCUT2D eigenvalue weighted by atomic mass is 9.88. The maximum absolute atomic E-state index is 12.5. The fraction of sp³-hybridized carbons (Fsp3) is 0.786. The Bertz CT molecular complexity index is 437. The van der Waals surface area contributed by atoms with Gasteiger partial charge >= 0.3 is 5.97 Å². The lowest BCUT2D eigenvalue weighted by Gasteiger charge is -2.25. The van der Waals surface area contributed by atoms with Crippen LogP contribution >= 0.6 is 0 Å². The van der Waals surface area contributed by atoms with Crippen LogP contribution in [0, 0.1) is 17.3 Å². The summed E-state index contributed by atoms with van der Waals surface area (Å²) in [4.78, 5) is 37.2. The van der Waals surface area contributed by atoms with Crippen molar-refractivity contribution in [3.8, 4) is 0 Å². The maximum atomic E-state index is 12.5. The first kappa shape index (κ1) is 14.8. The third kappa shape index (κ3) is 2.51. The molecule has 2 aliphatic rings. The number of nitrogens with zero attached hydrogens (tertiary/aromatic N) is 1. The summed E-state index contributed by atoms with van der Waals surface area (Å²) in [6.45, 7) is 2.77. The van der Waals surface area contributed by atoms with E-state index in [-0.39, 0.29) is 11.8 Å². The SMILES string of the molecule is CNC(=O)C1(C)CCN(C(=O)C2CCCC2C(=O)O)C1. The van der Waals surface area contributed by atoms with Crippen LogP contribution in [-0.4, -0.2) is 47.9 Å². The molecule has 2 amide bonds. The highest BCUT2D eigenvalue weighted by Crippen LogP contribution is 2.37. The molecular weight excluding hydrogens is 260 g/mol. The quantitative estimate of drug-likeness (QED) is 0.788. The maximum Gasteiger partial charge on any atom is 0.307 e. The number of rotatable bonds is 3. The average Bonchev–Trinajstić information content (AvgIpc) is 3.04. The van der Waals surface area contributed by atoms with Gasteiger partial charge in [-0.3, -0.25) is 14.4 Å². The number of hydrogen-bond donors (Lipinski definition) is 2. The van der Waals surface area contributed by atoms with Gasteiger partial charge in [-0.15, -0.1) is 0 Å². The Morgan fingerprint density at radius 3 is 2.50 bits per heavy atom. The summed E-state index contributed by atoms with van der Waals surface area (Å²) in [7, 11) is 1.59. The van der Waals surface area contributed by atoms with Crippen molar-refractivity contribution in [1.29, 1.82) is 0 Å².